The molecule has 0 amide bonds. The van der Waals surface area contributed by atoms with Crippen molar-refractivity contribution >= 4 is 23.0 Å². The topological polar surface area (TPSA) is 97.6 Å². The van der Waals surface area contributed by atoms with E-state index < -0.39 is 0 Å². The molecular weight excluding hydrogens is 320 g/mol. The predicted octanol–water partition coefficient (Wildman–Crippen LogP) is 1.56. The minimum Gasteiger partial charge on any atom is -0.497 e. The van der Waals surface area contributed by atoms with Gasteiger partial charge in [-0.3, -0.25) is 4.90 Å². The summed E-state index contributed by atoms with van der Waals surface area (Å²) in [5.41, 5.74) is 7.55. The lowest BCUT2D eigenvalue weighted by Gasteiger charge is -2.26. The van der Waals surface area contributed by atoms with Gasteiger partial charge in [0.2, 0.25) is 0 Å². The monoisotopic (exact) mass is 344 g/mol. The second-order valence-electron chi connectivity index (χ2n) is 5.72. The normalized spacial score (nSPS) is 14.9. The molecule has 0 saturated carbocycles. The van der Waals surface area contributed by atoms with Crippen molar-refractivity contribution in [3.8, 4) is 5.75 Å². The molecule has 0 atom stereocenters. The predicted molar refractivity (Wildman–Crippen MR) is 98.5 cm³/mol. The van der Waals surface area contributed by atoms with Gasteiger partial charge in [-0.2, -0.15) is 0 Å². The van der Waals surface area contributed by atoms with Crippen molar-refractivity contribution in [2.24, 2.45) is 0 Å². The Labute approximate surface area is 147 Å². The molecule has 8 nitrogen and oxygen atoms in total. The number of rotatable bonds is 7. The lowest BCUT2D eigenvalue weighted by atomic mass is 10.3. The number of aromatic nitrogens is 2. The van der Waals surface area contributed by atoms with Crippen LogP contribution in [0.15, 0.2) is 30.6 Å². The van der Waals surface area contributed by atoms with Gasteiger partial charge in [0.05, 0.1) is 20.3 Å². The second kappa shape index (κ2) is 8.50. The number of anilines is 4. The van der Waals surface area contributed by atoms with Gasteiger partial charge in [-0.25, -0.2) is 9.97 Å². The summed E-state index contributed by atoms with van der Waals surface area (Å²) in [6, 6.07) is 7.59. The molecule has 25 heavy (non-hydrogen) atoms. The maximum absolute atomic E-state index is 6.21. The van der Waals surface area contributed by atoms with Gasteiger partial charge < -0.3 is 25.8 Å². The molecule has 1 aliphatic rings. The zero-order chi connectivity index (χ0) is 17.5. The van der Waals surface area contributed by atoms with Crippen molar-refractivity contribution in [2.45, 2.75) is 0 Å². The number of hydrogen-bond donors (Lipinski definition) is 3. The van der Waals surface area contributed by atoms with E-state index in [0.717, 1.165) is 50.8 Å². The summed E-state index contributed by atoms with van der Waals surface area (Å²) in [6.07, 6.45) is 1.50. The van der Waals surface area contributed by atoms with Crippen molar-refractivity contribution in [3.05, 3.63) is 30.6 Å². The Morgan fingerprint density at radius 2 is 2.04 bits per heavy atom. The van der Waals surface area contributed by atoms with Gasteiger partial charge in [0.15, 0.2) is 11.6 Å². The lowest BCUT2D eigenvalue weighted by molar-refractivity contribution is 0.0398. The molecule has 0 bridgehead atoms. The van der Waals surface area contributed by atoms with Gasteiger partial charge in [-0.05, 0) is 12.1 Å². The van der Waals surface area contributed by atoms with Crippen LogP contribution in [0, 0.1) is 0 Å². The van der Waals surface area contributed by atoms with Gasteiger partial charge in [0, 0.05) is 37.9 Å². The average molecular weight is 344 g/mol. The van der Waals surface area contributed by atoms with Gasteiger partial charge in [-0.15, -0.1) is 0 Å². The van der Waals surface area contributed by atoms with Gasteiger partial charge in [-0.1, -0.05) is 6.07 Å². The van der Waals surface area contributed by atoms with Crippen molar-refractivity contribution in [3.63, 3.8) is 0 Å². The first kappa shape index (κ1) is 17.2. The smallest absolute Gasteiger partial charge is 0.159 e. The molecular formula is C17H24N6O2. The minimum absolute atomic E-state index is 0.493. The molecule has 0 radical (unpaired) electrons. The second-order valence-corrected chi connectivity index (χ2v) is 5.72. The molecule has 4 N–H and O–H groups in total. The van der Waals surface area contributed by atoms with Gasteiger partial charge >= 0.3 is 0 Å². The molecule has 0 unspecified atom stereocenters. The quantitative estimate of drug-likeness (QED) is 0.696. The van der Waals surface area contributed by atoms with Crippen LogP contribution in [-0.4, -0.2) is 61.4 Å². The number of methoxy groups -OCH3 is 1. The number of nitrogens with two attached hydrogens (primary N) is 1. The number of benzene rings is 1. The van der Waals surface area contributed by atoms with Crippen molar-refractivity contribution in [1.29, 1.82) is 0 Å². The van der Waals surface area contributed by atoms with Crippen molar-refractivity contribution in [2.75, 3.05) is 62.9 Å². The summed E-state index contributed by atoms with van der Waals surface area (Å²) in [7, 11) is 1.63. The third-order valence-corrected chi connectivity index (χ3v) is 4.04. The maximum atomic E-state index is 6.21. The molecule has 1 aromatic carbocycles. The van der Waals surface area contributed by atoms with E-state index in [0.29, 0.717) is 17.3 Å². The zero-order valence-electron chi connectivity index (χ0n) is 14.4. The first-order chi connectivity index (χ1) is 12.3. The van der Waals surface area contributed by atoms with Crippen LogP contribution in [-0.2, 0) is 4.74 Å². The molecule has 0 aliphatic carbocycles. The van der Waals surface area contributed by atoms with Crippen LogP contribution in [0.3, 0.4) is 0 Å². The molecule has 8 heteroatoms. The molecule has 134 valence electrons. The number of nitrogens with zero attached hydrogens (tertiary/aromatic N) is 3. The Morgan fingerprint density at radius 1 is 1.24 bits per heavy atom. The Balaban J connectivity index is 1.60. The molecule has 1 aromatic heterocycles. The van der Waals surface area contributed by atoms with Crippen LogP contribution < -0.4 is 21.1 Å². The first-order valence-corrected chi connectivity index (χ1v) is 8.32. The third-order valence-electron chi connectivity index (χ3n) is 4.04. The maximum Gasteiger partial charge on any atom is 0.159 e. The molecule has 1 aliphatic heterocycles. The van der Waals surface area contributed by atoms with Crippen molar-refractivity contribution in [1.82, 2.24) is 14.9 Å². The molecule has 1 fully saturated rings. The first-order valence-electron chi connectivity index (χ1n) is 8.32. The van der Waals surface area contributed by atoms with E-state index in [1.54, 1.807) is 7.11 Å². The summed E-state index contributed by atoms with van der Waals surface area (Å²) < 4.78 is 10.6. The number of nitrogens with one attached hydrogen (secondary N) is 2. The molecule has 1 saturated heterocycles. The number of ether oxygens (including phenoxy) is 2. The molecule has 3 rings (SSSR count). The van der Waals surface area contributed by atoms with E-state index in [-0.39, 0.29) is 0 Å². The highest BCUT2D eigenvalue weighted by molar-refractivity contribution is 5.77. The summed E-state index contributed by atoms with van der Waals surface area (Å²) in [6.45, 7) is 5.20. The number of hydrogen-bond acceptors (Lipinski definition) is 8. The highest BCUT2D eigenvalue weighted by atomic mass is 16.5. The van der Waals surface area contributed by atoms with Crippen molar-refractivity contribution < 1.29 is 9.47 Å². The van der Waals surface area contributed by atoms with E-state index >= 15 is 0 Å². The third kappa shape index (κ3) is 4.71. The standard InChI is InChI=1S/C17H24N6O2/c1-24-14-4-2-3-13(11-14)22-17-15(18)16(20-12-21-17)19-5-6-23-7-9-25-10-8-23/h2-4,11-12H,5-10,18H2,1H3,(H2,19,20,21,22). The highest BCUT2D eigenvalue weighted by Gasteiger charge is 2.11. The Morgan fingerprint density at radius 3 is 2.84 bits per heavy atom. The van der Waals surface area contributed by atoms with E-state index in [4.69, 9.17) is 15.2 Å². The summed E-state index contributed by atoms with van der Waals surface area (Å²) in [5.74, 6) is 1.97. The fourth-order valence-electron chi connectivity index (χ4n) is 2.63. The van der Waals surface area contributed by atoms with Crippen LogP contribution in [0.1, 0.15) is 0 Å². The van der Waals surface area contributed by atoms with Crippen LogP contribution >= 0.6 is 0 Å². The fourth-order valence-corrected chi connectivity index (χ4v) is 2.63. The highest BCUT2D eigenvalue weighted by Crippen LogP contribution is 2.27. The van der Waals surface area contributed by atoms with E-state index in [1.807, 2.05) is 24.3 Å². The Bertz CT molecular complexity index is 691. The summed E-state index contributed by atoms with van der Waals surface area (Å²) >= 11 is 0. The van der Waals surface area contributed by atoms with Gasteiger partial charge in [0.25, 0.3) is 0 Å². The van der Waals surface area contributed by atoms with Crippen LogP contribution in [0.5, 0.6) is 5.75 Å². The largest absolute Gasteiger partial charge is 0.497 e. The molecule has 0 spiro atoms. The SMILES string of the molecule is COc1cccc(Nc2ncnc(NCCN3CCOCC3)c2N)c1. The Hall–Kier alpha value is -2.58. The molecule has 2 heterocycles. The zero-order valence-corrected chi connectivity index (χ0v) is 14.4. The van der Waals surface area contributed by atoms with Gasteiger partial charge in [0.1, 0.15) is 17.8 Å². The average Bonchev–Trinajstić information content (AvgIpc) is 2.66. The summed E-state index contributed by atoms with van der Waals surface area (Å²) in [4.78, 5) is 10.8. The molecule has 2 aromatic rings. The number of morpholine rings is 1. The van der Waals surface area contributed by atoms with E-state index in [9.17, 15) is 0 Å². The van der Waals surface area contributed by atoms with E-state index in [2.05, 4.69) is 25.5 Å². The minimum atomic E-state index is 0.493. The lowest BCUT2D eigenvalue weighted by Crippen LogP contribution is -2.39. The number of nitrogen functional groups attached to an aromatic ring is 1. The van der Waals surface area contributed by atoms with Crippen LogP contribution in [0.25, 0.3) is 0 Å². The summed E-state index contributed by atoms with van der Waals surface area (Å²) in [5, 5.41) is 6.49. The fraction of sp³-hybridized carbons (Fsp3) is 0.412. The van der Waals surface area contributed by atoms with Crippen LogP contribution in [0.4, 0.5) is 23.0 Å². The van der Waals surface area contributed by atoms with Crippen LogP contribution in [0.2, 0.25) is 0 Å². The van der Waals surface area contributed by atoms with E-state index in [1.165, 1.54) is 6.33 Å². The Kier molecular flexibility index (Phi) is 5.86.